The van der Waals surface area contributed by atoms with E-state index in [1.165, 1.54) is 43.4 Å². The van der Waals surface area contributed by atoms with E-state index in [0.29, 0.717) is 17.7 Å². The summed E-state index contributed by atoms with van der Waals surface area (Å²) in [5.74, 6) is 1.11. The zero-order chi connectivity index (χ0) is 15.4. The van der Waals surface area contributed by atoms with Crippen LogP contribution in [0.3, 0.4) is 0 Å². The first-order valence-electron chi connectivity index (χ1n) is 8.75. The SMILES string of the molecule is O=C(CC1CCCC1)N1CCCCC(c2ccc(F)cc2)C1. The van der Waals surface area contributed by atoms with Crippen molar-refractivity contribution in [2.24, 2.45) is 5.92 Å². The van der Waals surface area contributed by atoms with Gasteiger partial charge in [-0.05, 0) is 49.3 Å². The standard InChI is InChI=1S/C19H26FNO/c20-18-10-8-16(9-11-18)17-7-3-4-12-21(14-17)19(22)13-15-5-1-2-6-15/h8-11,15,17H,1-7,12-14H2. The van der Waals surface area contributed by atoms with E-state index < -0.39 is 0 Å². The fourth-order valence-electron chi connectivity index (χ4n) is 3.97. The molecule has 1 atom stereocenters. The highest BCUT2D eigenvalue weighted by molar-refractivity contribution is 5.76. The molecule has 0 spiro atoms. The van der Waals surface area contributed by atoms with Crippen molar-refractivity contribution >= 4 is 5.91 Å². The minimum absolute atomic E-state index is 0.188. The Kier molecular flexibility index (Phi) is 5.12. The summed E-state index contributed by atoms with van der Waals surface area (Å²) < 4.78 is 13.1. The molecule has 2 nitrogen and oxygen atoms in total. The van der Waals surface area contributed by atoms with Gasteiger partial charge in [-0.15, -0.1) is 0 Å². The number of nitrogens with zero attached hydrogens (tertiary/aromatic N) is 1. The lowest BCUT2D eigenvalue weighted by atomic mass is 9.94. The Morgan fingerprint density at radius 2 is 1.73 bits per heavy atom. The first-order chi connectivity index (χ1) is 10.7. The van der Waals surface area contributed by atoms with E-state index in [1.807, 2.05) is 12.1 Å². The number of hydrogen-bond acceptors (Lipinski definition) is 1. The van der Waals surface area contributed by atoms with Gasteiger partial charge in [0.2, 0.25) is 5.91 Å². The van der Waals surface area contributed by atoms with Gasteiger partial charge in [-0.25, -0.2) is 4.39 Å². The van der Waals surface area contributed by atoms with Crippen LogP contribution in [-0.4, -0.2) is 23.9 Å². The molecule has 0 bridgehead atoms. The molecule has 3 rings (SSSR count). The summed E-state index contributed by atoms with van der Waals surface area (Å²) in [6, 6.07) is 6.83. The number of carbonyl (C=O) groups is 1. The lowest BCUT2D eigenvalue weighted by Gasteiger charge is -2.26. The quantitative estimate of drug-likeness (QED) is 0.805. The summed E-state index contributed by atoms with van der Waals surface area (Å²) in [5, 5.41) is 0. The molecule has 1 saturated carbocycles. The molecular weight excluding hydrogens is 277 g/mol. The smallest absolute Gasteiger partial charge is 0.222 e. The van der Waals surface area contributed by atoms with Crippen LogP contribution < -0.4 is 0 Å². The van der Waals surface area contributed by atoms with Crippen LogP contribution in [-0.2, 0) is 4.79 Å². The second-order valence-electron chi connectivity index (χ2n) is 6.94. The molecular formula is C19H26FNO. The Morgan fingerprint density at radius 3 is 2.45 bits per heavy atom. The van der Waals surface area contributed by atoms with E-state index in [9.17, 15) is 9.18 Å². The highest BCUT2D eigenvalue weighted by Gasteiger charge is 2.26. The Bertz CT molecular complexity index is 493. The molecule has 1 heterocycles. The van der Waals surface area contributed by atoms with Crippen LogP contribution >= 0.6 is 0 Å². The predicted molar refractivity (Wildman–Crippen MR) is 86.1 cm³/mol. The summed E-state index contributed by atoms with van der Waals surface area (Å²) >= 11 is 0. The van der Waals surface area contributed by atoms with Gasteiger partial charge in [-0.2, -0.15) is 0 Å². The van der Waals surface area contributed by atoms with E-state index in [2.05, 4.69) is 4.90 Å². The van der Waals surface area contributed by atoms with Crippen LogP contribution in [0.4, 0.5) is 4.39 Å². The van der Waals surface area contributed by atoms with Crippen LogP contribution in [0.2, 0.25) is 0 Å². The van der Waals surface area contributed by atoms with E-state index >= 15 is 0 Å². The molecule has 0 aromatic heterocycles. The Morgan fingerprint density at radius 1 is 1.05 bits per heavy atom. The fourth-order valence-corrected chi connectivity index (χ4v) is 3.97. The number of carbonyl (C=O) groups excluding carboxylic acids is 1. The number of likely N-dealkylation sites (tertiary alicyclic amines) is 1. The Labute approximate surface area is 132 Å². The monoisotopic (exact) mass is 303 g/mol. The Balaban J connectivity index is 1.64. The van der Waals surface area contributed by atoms with E-state index in [1.54, 1.807) is 0 Å². The molecule has 1 unspecified atom stereocenters. The van der Waals surface area contributed by atoms with Gasteiger partial charge in [0.05, 0.1) is 0 Å². The fraction of sp³-hybridized carbons (Fsp3) is 0.632. The van der Waals surface area contributed by atoms with Gasteiger partial charge < -0.3 is 4.90 Å². The lowest BCUT2D eigenvalue weighted by molar-refractivity contribution is -0.132. The van der Waals surface area contributed by atoms with Crippen molar-refractivity contribution in [2.75, 3.05) is 13.1 Å². The van der Waals surface area contributed by atoms with Crippen molar-refractivity contribution < 1.29 is 9.18 Å². The summed E-state index contributed by atoms with van der Waals surface area (Å²) in [5.41, 5.74) is 1.17. The predicted octanol–water partition coefficient (Wildman–Crippen LogP) is 4.50. The largest absolute Gasteiger partial charge is 0.342 e. The van der Waals surface area contributed by atoms with Crippen molar-refractivity contribution in [3.63, 3.8) is 0 Å². The van der Waals surface area contributed by atoms with Crippen LogP contribution in [0.1, 0.15) is 62.8 Å². The van der Waals surface area contributed by atoms with Crippen LogP contribution in [0.15, 0.2) is 24.3 Å². The summed E-state index contributed by atoms with van der Waals surface area (Å²) in [4.78, 5) is 14.7. The van der Waals surface area contributed by atoms with Gasteiger partial charge in [0.25, 0.3) is 0 Å². The number of halogens is 1. The van der Waals surface area contributed by atoms with Crippen molar-refractivity contribution in [1.82, 2.24) is 4.90 Å². The third kappa shape index (κ3) is 3.88. The normalized spacial score (nSPS) is 23.5. The molecule has 1 aromatic carbocycles. The maximum atomic E-state index is 13.1. The molecule has 0 radical (unpaired) electrons. The number of amides is 1. The van der Waals surface area contributed by atoms with Gasteiger partial charge >= 0.3 is 0 Å². The minimum Gasteiger partial charge on any atom is -0.342 e. The van der Waals surface area contributed by atoms with Crippen molar-refractivity contribution in [3.05, 3.63) is 35.6 Å². The zero-order valence-corrected chi connectivity index (χ0v) is 13.3. The van der Waals surface area contributed by atoms with Crippen molar-refractivity contribution in [3.8, 4) is 0 Å². The number of benzene rings is 1. The van der Waals surface area contributed by atoms with E-state index in [4.69, 9.17) is 0 Å². The third-order valence-corrected chi connectivity index (χ3v) is 5.30. The second-order valence-corrected chi connectivity index (χ2v) is 6.94. The van der Waals surface area contributed by atoms with Crippen LogP contribution in [0.25, 0.3) is 0 Å². The molecule has 3 heteroatoms. The Hall–Kier alpha value is -1.38. The minimum atomic E-state index is -0.188. The molecule has 120 valence electrons. The average Bonchev–Trinajstić information content (AvgIpc) is 2.90. The summed E-state index contributed by atoms with van der Waals surface area (Å²) in [7, 11) is 0. The first-order valence-corrected chi connectivity index (χ1v) is 8.75. The molecule has 1 aliphatic carbocycles. The molecule has 2 fully saturated rings. The first kappa shape index (κ1) is 15.5. The van der Waals surface area contributed by atoms with Gasteiger partial charge in [0.15, 0.2) is 0 Å². The van der Waals surface area contributed by atoms with E-state index in [-0.39, 0.29) is 5.82 Å². The van der Waals surface area contributed by atoms with Crippen molar-refractivity contribution in [1.29, 1.82) is 0 Å². The molecule has 1 aliphatic heterocycles. The number of rotatable bonds is 3. The topological polar surface area (TPSA) is 20.3 Å². The van der Waals surface area contributed by atoms with Gasteiger partial charge in [-0.3, -0.25) is 4.79 Å². The summed E-state index contributed by atoms with van der Waals surface area (Å²) in [6.45, 7) is 1.69. The van der Waals surface area contributed by atoms with Gasteiger partial charge in [0.1, 0.15) is 5.82 Å². The molecule has 1 amide bonds. The zero-order valence-electron chi connectivity index (χ0n) is 13.3. The number of hydrogen-bond donors (Lipinski definition) is 0. The van der Waals surface area contributed by atoms with Gasteiger partial charge in [-0.1, -0.05) is 31.4 Å². The van der Waals surface area contributed by atoms with E-state index in [0.717, 1.165) is 38.8 Å². The maximum Gasteiger partial charge on any atom is 0.222 e. The lowest BCUT2D eigenvalue weighted by Crippen LogP contribution is -2.35. The highest BCUT2D eigenvalue weighted by atomic mass is 19.1. The molecule has 22 heavy (non-hydrogen) atoms. The highest BCUT2D eigenvalue weighted by Crippen LogP contribution is 2.30. The molecule has 0 N–H and O–H groups in total. The van der Waals surface area contributed by atoms with Gasteiger partial charge in [0, 0.05) is 25.4 Å². The molecule has 1 aromatic rings. The van der Waals surface area contributed by atoms with Crippen LogP contribution in [0, 0.1) is 11.7 Å². The third-order valence-electron chi connectivity index (χ3n) is 5.30. The second kappa shape index (κ2) is 7.26. The van der Waals surface area contributed by atoms with Crippen molar-refractivity contribution in [2.45, 2.75) is 57.3 Å². The van der Waals surface area contributed by atoms with Crippen LogP contribution in [0.5, 0.6) is 0 Å². The molecule has 1 saturated heterocycles. The average molecular weight is 303 g/mol. The maximum absolute atomic E-state index is 13.1. The summed E-state index contributed by atoms with van der Waals surface area (Å²) in [6.07, 6.45) is 9.09. The molecule has 2 aliphatic rings.